The lowest BCUT2D eigenvalue weighted by Gasteiger charge is -2.09. The number of aromatic nitrogens is 3. The van der Waals surface area contributed by atoms with Crippen molar-refractivity contribution in [2.45, 2.75) is 30.1 Å². The third kappa shape index (κ3) is 3.29. The van der Waals surface area contributed by atoms with Crippen molar-refractivity contribution in [1.82, 2.24) is 20.1 Å². The zero-order valence-corrected chi connectivity index (χ0v) is 13.1. The van der Waals surface area contributed by atoms with Gasteiger partial charge >= 0.3 is 5.69 Å². The molecular weight excluding hydrogens is 328 g/mol. The van der Waals surface area contributed by atoms with E-state index in [0.29, 0.717) is 11.7 Å². The maximum Gasteiger partial charge on any atom is 0.343 e. The molecule has 0 saturated carbocycles. The van der Waals surface area contributed by atoms with E-state index in [0.717, 1.165) is 15.9 Å². The largest absolute Gasteiger partial charge is 0.343 e. The zero-order chi connectivity index (χ0) is 13.8. The lowest BCUT2D eigenvalue weighted by molar-refractivity contribution is 0.660. The summed E-state index contributed by atoms with van der Waals surface area (Å²) in [7, 11) is 1.91. The summed E-state index contributed by atoms with van der Waals surface area (Å²) in [6.07, 6.45) is 0. The van der Waals surface area contributed by atoms with Crippen molar-refractivity contribution in [3.63, 3.8) is 0 Å². The average Bonchev–Trinajstić information content (AvgIpc) is 2.73. The maximum atomic E-state index is 11.5. The Morgan fingerprint density at radius 2 is 2.32 bits per heavy atom. The van der Waals surface area contributed by atoms with E-state index < -0.39 is 0 Å². The first kappa shape index (κ1) is 14.4. The highest BCUT2D eigenvalue weighted by Crippen LogP contribution is 2.30. The van der Waals surface area contributed by atoms with Crippen molar-refractivity contribution in [2.24, 2.45) is 0 Å². The molecule has 5 nitrogen and oxygen atoms in total. The topological polar surface area (TPSA) is 62.7 Å². The fraction of sp³-hybridized carbons (Fsp3) is 0.333. The van der Waals surface area contributed by atoms with Gasteiger partial charge < -0.3 is 5.32 Å². The van der Waals surface area contributed by atoms with Gasteiger partial charge in [-0.15, -0.1) is 5.10 Å². The van der Waals surface area contributed by atoms with Gasteiger partial charge in [0.25, 0.3) is 0 Å². The van der Waals surface area contributed by atoms with E-state index in [1.807, 2.05) is 26.1 Å². The molecule has 1 aromatic carbocycles. The molecule has 1 aromatic heterocycles. The van der Waals surface area contributed by atoms with Crippen molar-refractivity contribution in [2.75, 3.05) is 7.05 Å². The number of hydrogen-bond donors (Lipinski definition) is 2. The molecule has 1 heterocycles. The Morgan fingerprint density at radius 1 is 1.53 bits per heavy atom. The third-order valence-corrected chi connectivity index (χ3v) is 4.24. The van der Waals surface area contributed by atoms with Gasteiger partial charge in [0.1, 0.15) is 0 Å². The quantitative estimate of drug-likeness (QED) is 0.874. The Kier molecular flexibility index (Phi) is 4.84. The second-order valence-corrected chi connectivity index (χ2v) is 5.86. The van der Waals surface area contributed by atoms with Crippen LogP contribution in [-0.2, 0) is 13.1 Å². The van der Waals surface area contributed by atoms with Crippen LogP contribution in [0.1, 0.15) is 12.5 Å². The highest BCUT2D eigenvalue weighted by atomic mass is 79.9. The Bertz CT molecular complexity index is 622. The van der Waals surface area contributed by atoms with Crippen LogP contribution in [0.25, 0.3) is 0 Å². The van der Waals surface area contributed by atoms with Crippen LogP contribution in [-0.4, -0.2) is 21.8 Å². The van der Waals surface area contributed by atoms with Crippen LogP contribution < -0.4 is 11.0 Å². The van der Waals surface area contributed by atoms with Gasteiger partial charge in [-0.1, -0.05) is 15.9 Å². The molecule has 0 aliphatic carbocycles. The van der Waals surface area contributed by atoms with Crippen LogP contribution in [0.15, 0.2) is 37.5 Å². The summed E-state index contributed by atoms with van der Waals surface area (Å²) in [5.74, 6) is 0. The molecule has 0 aliphatic heterocycles. The predicted octanol–water partition coefficient (Wildman–Crippen LogP) is 2.22. The number of nitrogens with one attached hydrogen (secondary N) is 2. The first-order valence-electron chi connectivity index (χ1n) is 5.91. The molecule has 102 valence electrons. The second kappa shape index (κ2) is 6.40. The number of aromatic amines is 1. The molecule has 2 aromatic rings. The molecule has 0 amide bonds. The minimum absolute atomic E-state index is 0.169. The maximum absolute atomic E-state index is 11.5. The van der Waals surface area contributed by atoms with Gasteiger partial charge in [-0.2, -0.15) is 0 Å². The Hall–Kier alpha value is -1.05. The van der Waals surface area contributed by atoms with Crippen LogP contribution in [0.4, 0.5) is 0 Å². The summed E-state index contributed by atoms with van der Waals surface area (Å²) in [6.45, 7) is 3.30. The van der Waals surface area contributed by atoms with Crippen molar-refractivity contribution >= 4 is 27.7 Å². The van der Waals surface area contributed by atoms with Crippen molar-refractivity contribution in [3.8, 4) is 0 Å². The number of nitrogens with zero attached hydrogens (tertiary/aromatic N) is 2. The number of halogens is 1. The molecule has 7 heteroatoms. The normalized spacial score (nSPS) is 10.9. The molecular formula is C12H15BrN4OS. The molecule has 0 saturated heterocycles. The number of hydrogen-bond acceptors (Lipinski definition) is 4. The smallest absolute Gasteiger partial charge is 0.316 e. The van der Waals surface area contributed by atoms with Crippen LogP contribution in [0.2, 0.25) is 0 Å². The van der Waals surface area contributed by atoms with Gasteiger partial charge in [-0.3, -0.25) is 4.57 Å². The summed E-state index contributed by atoms with van der Waals surface area (Å²) in [5.41, 5.74) is 0.997. The minimum Gasteiger partial charge on any atom is -0.316 e. The Labute approximate surface area is 123 Å². The van der Waals surface area contributed by atoms with Crippen molar-refractivity contribution in [3.05, 3.63) is 38.7 Å². The standard InChI is InChI=1S/C12H15BrN4OS/c1-3-17-11(18)15-16-12(17)19-10-5-4-9(13)6-8(10)7-14-2/h4-6,14H,3,7H2,1-2H3,(H,15,18). The highest BCUT2D eigenvalue weighted by Gasteiger charge is 2.11. The van der Waals surface area contributed by atoms with Crippen LogP contribution in [0.5, 0.6) is 0 Å². The summed E-state index contributed by atoms with van der Waals surface area (Å²) in [4.78, 5) is 12.6. The molecule has 0 bridgehead atoms. The van der Waals surface area contributed by atoms with E-state index >= 15 is 0 Å². The van der Waals surface area contributed by atoms with Gasteiger partial charge in [-0.25, -0.2) is 9.89 Å². The summed E-state index contributed by atoms with van der Waals surface area (Å²) in [6, 6.07) is 6.09. The Balaban J connectivity index is 2.34. The van der Waals surface area contributed by atoms with E-state index in [9.17, 15) is 4.79 Å². The molecule has 2 N–H and O–H groups in total. The first-order chi connectivity index (χ1) is 9.15. The predicted molar refractivity (Wildman–Crippen MR) is 79.6 cm³/mol. The van der Waals surface area contributed by atoms with Crippen molar-refractivity contribution in [1.29, 1.82) is 0 Å². The van der Waals surface area contributed by atoms with Gasteiger partial charge in [0.2, 0.25) is 0 Å². The summed E-state index contributed by atoms with van der Waals surface area (Å²) in [5, 5.41) is 10.4. The molecule has 0 spiro atoms. The van der Waals surface area contributed by atoms with Crippen molar-refractivity contribution < 1.29 is 0 Å². The van der Waals surface area contributed by atoms with Gasteiger partial charge in [0.15, 0.2) is 5.16 Å². The molecule has 0 fully saturated rings. The van der Waals surface area contributed by atoms with Crippen LogP contribution >= 0.6 is 27.7 Å². The van der Waals surface area contributed by atoms with Gasteiger partial charge in [-0.05, 0) is 49.5 Å². The van der Waals surface area contributed by atoms with Crippen LogP contribution in [0.3, 0.4) is 0 Å². The van der Waals surface area contributed by atoms with E-state index in [2.05, 4.69) is 37.5 Å². The SMILES string of the molecule is CCn1c(Sc2ccc(Br)cc2CNC)n[nH]c1=O. The Morgan fingerprint density at radius 3 is 3.00 bits per heavy atom. The average molecular weight is 343 g/mol. The third-order valence-electron chi connectivity index (χ3n) is 2.63. The molecule has 2 rings (SSSR count). The zero-order valence-electron chi connectivity index (χ0n) is 10.7. The molecule has 0 aliphatic rings. The first-order valence-corrected chi connectivity index (χ1v) is 7.52. The van der Waals surface area contributed by atoms with E-state index in [1.54, 1.807) is 4.57 Å². The van der Waals surface area contributed by atoms with E-state index in [-0.39, 0.29) is 5.69 Å². The highest BCUT2D eigenvalue weighted by molar-refractivity contribution is 9.10. The fourth-order valence-corrected chi connectivity index (χ4v) is 3.15. The fourth-order valence-electron chi connectivity index (χ4n) is 1.73. The van der Waals surface area contributed by atoms with Gasteiger partial charge in [0.05, 0.1) is 0 Å². The lowest BCUT2D eigenvalue weighted by Crippen LogP contribution is -2.16. The number of benzene rings is 1. The molecule has 19 heavy (non-hydrogen) atoms. The number of rotatable bonds is 5. The minimum atomic E-state index is -0.169. The van der Waals surface area contributed by atoms with Gasteiger partial charge in [0, 0.05) is 22.5 Å². The van der Waals surface area contributed by atoms with E-state index in [1.165, 1.54) is 17.3 Å². The molecule has 0 radical (unpaired) electrons. The molecule has 0 atom stereocenters. The van der Waals surface area contributed by atoms with Crippen LogP contribution in [0, 0.1) is 0 Å². The number of H-pyrrole nitrogens is 1. The molecule has 0 unspecified atom stereocenters. The lowest BCUT2D eigenvalue weighted by atomic mass is 10.2. The summed E-state index contributed by atoms with van der Waals surface area (Å²) < 4.78 is 2.66. The van der Waals surface area contributed by atoms with E-state index in [4.69, 9.17) is 0 Å². The monoisotopic (exact) mass is 342 g/mol. The summed E-state index contributed by atoms with van der Waals surface area (Å²) >= 11 is 4.96. The second-order valence-electron chi connectivity index (χ2n) is 3.94.